The first-order valence-corrected chi connectivity index (χ1v) is 4.69. The maximum atomic E-state index is 5.28. The quantitative estimate of drug-likeness (QED) is 0.690. The van der Waals surface area contributed by atoms with E-state index in [-0.39, 0.29) is 0 Å². The van der Waals surface area contributed by atoms with Crippen LogP contribution in [0.4, 0.5) is 0 Å². The van der Waals surface area contributed by atoms with Gasteiger partial charge in [0.2, 0.25) is 0 Å². The number of hydrogen-bond acceptors (Lipinski definition) is 3. The molecule has 0 aromatic carbocycles. The summed E-state index contributed by atoms with van der Waals surface area (Å²) in [5, 5.41) is 0. The van der Waals surface area contributed by atoms with E-state index in [4.69, 9.17) is 9.15 Å². The highest BCUT2D eigenvalue weighted by Crippen LogP contribution is 2.12. The van der Waals surface area contributed by atoms with Crippen LogP contribution >= 0.6 is 0 Å². The van der Waals surface area contributed by atoms with E-state index in [0.717, 1.165) is 38.6 Å². The summed E-state index contributed by atoms with van der Waals surface area (Å²) in [6.07, 6.45) is 1.76. The van der Waals surface area contributed by atoms with Gasteiger partial charge >= 0.3 is 0 Å². The monoisotopic (exact) mass is 181 g/mol. The first-order valence-electron chi connectivity index (χ1n) is 4.69. The van der Waals surface area contributed by atoms with Crippen LogP contribution in [0.15, 0.2) is 16.7 Å². The van der Waals surface area contributed by atoms with E-state index in [2.05, 4.69) is 4.90 Å². The van der Waals surface area contributed by atoms with Gasteiger partial charge < -0.3 is 9.15 Å². The van der Waals surface area contributed by atoms with Crippen molar-refractivity contribution in [2.45, 2.75) is 13.5 Å². The van der Waals surface area contributed by atoms with E-state index in [0.29, 0.717) is 0 Å². The van der Waals surface area contributed by atoms with Crippen LogP contribution in [0.2, 0.25) is 0 Å². The van der Waals surface area contributed by atoms with E-state index in [9.17, 15) is 0 Å². The summed E-state index contributed by atoms with van der Waals surface area (Å²) in [5.41, 5.74) is 1.29. The summed E-state index contributed by atoms with van der Waals surface area (Å²) < 4.78 is 10.5. The zero-order valence-corrected chi connectivity index (χ0v) is 7.95. The molecule has 2 rings (SSSR count). The second kappa shape index (κ2) is 3.94. The minimum atomic E-state index is 0.858. The van der Waals surface area contributed by atoms with Crippen molar-refractivity contribution >= 4 is 0 Å². The van der Waals surface area contributed by atoms with Crippen LogP contribution < -0.4 is 0 Å². The van der Waals surface area contributed by atoms with Crippen molar-refractivity contribution in [3.63, 3.8) is 0 Å². The van der Waals surface area contributed by atoms with Gasteiger partial charge in [0.25, 0.3) is 0 Å². The number of aryl methyl sites for hydroxylation is 1. The fourth-order valence-electron chi connectivity index (χ4n) is 1.58. The van der Waals surface area contributed by atoms with Crippen molar-refractivity contribution in [2.24, 2.45) is 0 Å². The number of furan rings is 1. The second-order valence-electron chi connectivity index (χ2n) is 3.39. The fourth-order valence-corrected chi connectivity index (χ4v) is 1.58. The molecule has 72 valence electrons. The van der Waals surface area contributed by atoms with Gasteiger partial charge in [-0.2, -0.15) is 0 Å². The van der Waals surface area contributed by atoms with Gasteiger partial charge in [0, 0.05) is 25.2 Å². The van der Waals surface area contributed by atoms with Crippen LogP contribution in [0.5, 0.6) is 0 Å². The number of rotatable bonds is 2. The lowest BCUT2D eigenvalue weighted by Gasteiger charge is -2.26. The Hall–Kier alpha value is -0.800. The molecule has 1 aliphatic heterocycles. The molecule has 13 heavy (non-hydrogen) atoms. The maximum Gasteiger partial charge on any atom is 0.105 e. The molecule has 0 N–H and O–H groups in total. The zero-order valence-electron chi connectivity index (χ0n) is 7.95. The van der Waals surface area contributed by atoms with Gasteiger partial charge in [-0.1, -0.05) is 0 Å². The summed E-state index contributed by atoms with van der Waals surface area (Å²) in [5.74, 6) is 1.03. The zero-order chi connectivity index (χ0) is 9.10. The molecule has 0 saturated carbocycles. The Balaban J connectivity index is 1.93. The number of hydrogen-bond donors (Lipinski definition) is 0. The molecule has 0 aliphatic carbocycles. The molecule has 0 unspecified atom stereocenters. The van der Waals surface area contributed by atoms with Crippen molar-refractivity contribution in [1.29, 1.82) is 0 Å². The maximum absolute atomic E-state index is 5.28. The van der Waals surface area contributed by atoms with Gasteiger partial charge in [-0.3, -0.25) is 4.90 Å². The lowest BCUT2D eigenvalue weighted by molar-refractivity contribution is 0.0340. The fraction of sp³-hybridized carbons (Fsp3) is 0.600. The number of morpholine rings is 1. The van der Waals surface area contributed by atoms with Crippen LogP contribution in [-0.4, -0.2) is 31.2 Å². The van der Waals surface area contributed by atoms with Crippen LogP contribution in [0.3, 0.4) is 0 Å². The van der Waals surface area contributed by atoms with E-state index < -0.39 is 0 Å². The Morgan fingerprint density at radius 2 is 2.15 bits per heavy atom. The van der Waals surface area contributed by atoms with Gasteiger partial charge in [0.15, 0.2) is 0 Å². The molecule has 1 aliphatic rings. The molecule has 0 radical (unpaired) electrons. The third-order valence-electron chi connectivity index (χ3n) is 2.46. The molecule has 1 fully saturated rings. The predicted molar refractivity (Wildman–Crippen MR) is 49.5 cm³/mol. The lowest BCUT2D eigenvalue weighted by atomic mass is 10.2. The molecular formula is C10H15NO2. The smallest absolute Gasteiger partial charge is 0.105 e. The SMILES string of the molecule is Cc1occc1CN1CCOCC1. The Morgan fingerprint density at radius 3 is 2.77 bits per heavy atom. The van der Waals surface area contributed by atoms with Gasteiger partial charge in [-0.25, -0.2) is 0 Å². The average Bonchev–Trinajstić information content (AvgIpc) is 2.54. The summed E-state index contributed by atoms with van der Waals surface area (Å²) in [6, 6.07) is 2.05. The van der Waals surface area contributed by atoms with Crippen molar-refractivity contribution in [3.8, 4) is 0 Å². The Bertz CT molecular complexity index is 264. The topological polar surface area (TPSA) is 25.6 Å². The third kappa shape index (κ3) is 2.11. The molecule has 1 saturated heterocycles. The Morgan fingerprint density at radius 1 is 1.38 bits per heavy atom. The molecular weight excluding hydrogens is 166 g/mol. The highest BCUT2D eigenvalue weighted by Gasteiger charge is 2.12. The van der Waals surface area contributed by atoms with E-state index in [1.54, 1.807) is 6.26 Å². The summed E-state index contributed by atoms with van der Waals surface area (Å²) in [6.45, 7) is 6.78. The lowest BCUT2D eigenvalue weighted by Crippen LogP contribution is -2.35. The molecule has 0 spiro atoms. The Kier molecular flexibility index (Phi) is 2.66. The van der Waals surface area contributed by atoms with Crippen LogP contribution in [0, 0.1) is 6.92 Å². The van der Waals surface area contributed by atoms with Crippen molar-refractivity contribution in [3.05, 3.63) is 23.7 Å². The van der Waals surface area contributed by atoms with Gasteiger partial charge in [-0.15, -0.1) is 0 Å². The first kappa shape index (κ1) is 8.78. The van der Waals surface area contributed by atoms with Crippen LogP contribution in [0.1, 0.15) is 11.3 Å². The largest absolute Gasteiger partial charge is 0.469 e. The van der Waals surface area contributed by atoms with Crippen molar-refractivity contribution < 1.29 is 9.15 Å². The summed E-state index contributed by atoms with van der Waals surface area (Å²) in [4.78, 5) is 2.39. The highest BCUT2D eigenvalue weighted by molar-refractivity contribution is 5.15. The van der Waals surface area contributed by atoms with Crippen molar-refractivity contribution in [1.82, 2.24) is 4.90 Å². The molecule has 3 heteroatoms. The van der Waals surface area contributed by atoms with Gasteiger partial charge in [0.05, 0.1) is 19.5 Å². The molecule has 1 aromatic heterocycles. The normalized spacial score (nSPS) is 19.2. The first-order chi connectivity index (χ1) is 6.36. The van der Waals surface area contributed by atoms with E-state index in [1.807, 2.05) is 13.0 Å². The van der Waals surface area contributed by atoms with Crippen molar-refractivity contribution in [2.75, 3.05) is 26.3 Å². The van der Waals surface area contributed by atoms with Gasteiger partial charge in [-0.05, 0) is 13.0 Å². The number of ether oxygens (including phenoxy) is 1. The average molecular weight is 181 g/mol. The molecule has 2 heterocycles. The summed E-state index contributed by atoms with van der Waals surface area (Å²) >= 11 is 0. The van der Waals surface area contributed by atoms with Crippen LogP contribution in [-0.2, 0) is 11.3 Å². The molecule has 0 bridgehead atoms. The van der Waals surface area contributed by atoms with Gasteiger partial charge in [0.1, 0.15) is 5.76 Å². The molecule has 3 nitrogen and oxygen atoms in total. The standard InChI is InChI=1S/C10H15NO2/c1-9-10(2-5-13-9)8-11-3-6-12-7-4-11/h2,5H,3-4,6-8H2,1H3. The minimum Gasteiger partial charge on any atom is -0.469 e. The second-order valence-corrected chi connectivity index (χ2v) is 3.39. The molecule has 1 aromatic rings. The highest BCUT2D eigenvalue weighted by atomic mass is 16.5. The molecule has 0 atom stereocenters. The molecule has 0 amide bonds. The minimum absolute atomic E-state index is 0.858. The predicted octanol–water partition coefficient (Wildman–Crippen LogP) is 1.42. The number of nitrogens with zero attached hydrogens (tertiary/aromatic N) is 1. The third-order valence-corrected chi connectivity index (χ3v) is 2.46. The Labute approximate surface area is 78.3 Å². The van der Waals surface area contributed by atoms with E-state index in [1.165, 1.54) is 5.56 Å². The summed E-state index contributed by atoms with van der Waals surface area (Å²) in [7, 11) is 0. The van der Waals surface area contributed by atoms with Crippen LogP contribution in [0.25, 0.3) is 0 Å². The van der Waals surface area contributed by atoms with E-state index >= 15 is 0 Å².